The first kappa shape index (κ1) is 9.85. The lowest BCUT2D eigenvalue weighted by Crippen LogP contribution is -2.08. The van der Waals surface area contributed by atoms with E-state index in [1.165, 1.54) is 5.69 Å². The molecule has 70 valence electrons. The fraction of sp³-hybridized carbons (Fsp3) is 0.545. The van der Waals surface area contributed by atoms with Gasteiger partial charge in [-0.1, -0.05) is 13.8 Å². The first-order valence-corrected chi connectivity index (χ1v) is 4.69. The van der Waals surface area contributed by atoms with Crippen LogP contribution < -0.4 is 0 Å². The largest absolute Gasteiger partial charge is 0.334 e. The van der Waals surface area contributed by atoms with Crippen molar-refractivity contribution in [3.05, 3.63) is 23.5 Å². The van der Waals surface area contributed by atoms with Crippen LogP contribution in [0.15, 0.2) is 12.1 Å². The molecule has 1 aromatic rings. The molecule has 0 spiro atoms. The third-order valence-corrected chi connectivity index (χ3v) is 2.17. The second-order valence-corrected chi connectivity index (χ2v) is 3.87. The Morgan fingerprint density at radius 2 is 1.85 bits per heavy atom. The molecule has 1 aromatic heterocycles. The topological polar surface area (TPSA) is 28.7 Å². The van der Waals surface area contributed by atoms with E-state index >= 15 is 0 Å². The summed E-state index contributed by atoms with van der Waals surface area (Å²) < 4.78 is 2.10. The van der Waals surface area contributed by atoms with Crippen LogP contribution in [-0.2, 0) is 0 Å². The number of hydrogen-bond donors (Lipinski definition) is 0. The molecule has 0 aromatic carbocycles. The van der Waals surface area contributed by atoms with Crippen molar-refractivity contribution in [3.63, 3.8) is 0 Å². The van der Waals surface area contributed by atoms with Crippen LogP contribution in [0.5, 0.6) is 0 Å². The summed E-state index contributed by atoms with van der Waals surface area (Å²) in [4.78, 5) is 0. The molecule has 2 nitrogen and oxygen atoms in total. The number of nitrogens with zero attached hydrogens (tertiary/aromatic N) is 2. The summed E-state index contributed by atoms with van der Waals surface area (Å²) in [6, 6.07) is 6.52. The molecule has 1 rings (SSSR count). The van der Waals surface area contributed by atoms with Gasteiger partial charge in [0.15, 0.2) is 0 Å². The van der Waals surface area contributed by atoms with Crippen molar-refractivity contribution in [3.8, 4) is 6.07 Å². The molecule has 0 bridgehead atoms. The minimum atomic E-state index is 0.363. The SMILES string of the molecule is CC(C)c1ccc(C#N)n1C(C)C. The van der Waals surface area contributed by atoms with Gasteiger partial charge < -0.3 is 4.57 Å². The van der Waals surface area contributed by atoms with E-state index in [-0.39, 0.29) is 0 Å². The molecule has 2 heteroatoms. The molecular formula is C11H16N2. The zero-order valence-corrected chi connectivity index (χ0v) is 8.70. The van der Waals surface area contributed by atoms with Gasteiger partial charge in [0.25, 0.3) is 0 Å². The predicted molar refractivity (Wildman–Crippen MR) is 53.6 cm³/mol. The van der Waals surface area contributed by atoms with Crippen LogP contribution in [0.2, 0.25) is 0 Å². The monoisotopic (exact) mass is 176 g/mol. The van der Waals surface area contributed by atoms with Crippen LogP contribution in [0.1, 0.15) is 51.0 Å². The molecule has 0 N–H and O–H groups in total. The predicted octanol–water partition coefficient (Wildman–Crippen LogP) is 3.06. The smallest absolute Gasteiger partial charge is 0.120 e. The summed E-state index contributed by atoms with van der Waals surface area (Å²) in [5, 5.41) is 8.89. The molecule has 1 heterocycles. The molecule has 0 aliphatic heterocycles. The van der Waals surface area contributed by atoms with Gasteiger partial charge in [-0.3, -0.25) is 0 Å². The maximum Gasteiger partial charge on any atom is 0.120 e. The van der Waals surface area contributed by atoms with E-state index in [4.69, 9.17) is 5.26 Å². The van der Waals surface area contributed by atoms with Crippen molar-refractivity contribution in [2.45, 2.75) is 39.7 Å². The number of aromatic nitrogens is 1. The van der Waals surface area contributed by atoms with E-state index in [1.54, 1.807) is 0 Å². The summed E-state index contributed by atoms with van der Waals surface area (Å²) in [5.41, 5.74) is 2.00. The molecule has 0 amide bonds. The second kappa shape index (κ2) is 3.66. The number of rotatable bonds is 2. The standard InChI is InChI=1S/C11H16N2/c1-8(2)11-6-5-10(7-12)13(11)9(3)4/h5-6,8-9H,1-4H3. The lowest BCUT2D eigenvalue weighted by molar-refractivity contribution is 0.555. The van der Waals surface area contributed by atoms with Gasteiger partial charge in [-0.15, -0.1) is 0 Å². The Morgan fingerprint density at radius 3 is 2.23 bits per heavy atom. The quantitative estimate of drug-likeness (QED) is 0.680. The van der Waals surface area contributed by atoms with Crippen molar-refractivity contribution in [1.82, 2.24) is 4.57 Å². The van der Waals surface area contributed by atoms with Crippen LogP contribution in [0.3, 0.4) is 0 Å². The van der Waals surface area contributed by atoms with Crippen molar-refractivity contribution >= 4 is 0 Å². The molecule has 0 saturated heterocycles. The zero-order chi connectivity index (χ0) is 10.0. The Balaban J connectivity index is 3.24. The Bertz CT molecular complexity index is 326. The molecule has 0 fully saturated rings. The number of nitriles is 1. The first-order valence-electron chi connectivity index (χ1n) is 4.69. The molecule has 0 saturated carbocycles. The molecule has 0 atom stereocenters. The Morgan fingerprint density at radius 1 is 1.23 bits per heavy atom. The highest BCUT2D eigenvalue weighted by molar-refractivity contribution is 5.29. The summed E-state index contributed by atoms with van der Waals surface area (Å²) in [5.74, 6) is 0.476. The zero-order valence-electron chi connectivity index (χ0n) is 8.70. The van der Waals surface area contributed by atoms with Crippen LogP contribution >= 0.6 is 0 Å². The number of hydrogen-bond acceptors (Lipinski definition) is 1. The van der Waals surface area contributed by atoms with E-state index in [2.05, 4.69) is 38.3 Å². The maximum atomic E-state index is 8.89. The van der Waals surface area contributed by atoms with Crippen molar-refractivity contribution < 1.29 is 0 Å². The van der Waals surface area contributed by atoms with E-state index < -0.39 is 0 Å². The minimum Gasteiger partial charge on any atom is -0.334 e. The highest BCUT2D eigenvalue weighted by atomic mass is 15.0. The van der Waals surface area contributed by atoms with E-state index in [1.807, 2.05) is 12.1 Å². The second-order valence-electron chi connectivity index (χ2n) is 3.87. The maximum absolute atomic E-state index is 8.89. The van der Waals surface area contributed by atoms with Crippen LogP contribution in [0.25, 0.3) is 0 Å². The van der Waals surface area contributed by atoms with Gasteiger partial charge in [0.1, 0.15) is 11.8 Å². The van der Waals surface area contributed by atoms with Crippen molar-refractivity contribution in [1.29, 1.82) is 5.26 Å². The van der Waals surface area contributed by atoms with Gasteiger partial charge in [0, 0.05) is 11.7 Å². The van der Waals surface area contributed by atoms with Gasteiger partial charge in [0.05, 0.1) is 0 Å². The van der Waals surface area contributed by atoms with Crippen molar-refractivity contribution in [2.24, 2.45) is 0 Å². The lowest BCUT2D eigenvalue weighted by atomic mass is 10.1. The molecule has 0 unspecified atom stereocenters. The van der Waals surface area contributed by atoms with Crippen LogP contribution in [0, 0.1) is 11.3 Å². The fourth-order valence-corrected chi connectivity index (χ4v) is 1.60. The summed E-state index contributed by atoms with van der Waals surface area (Å²) in [6.45, 7) is 8.50. The highest BCUT2D eigenvalue weighted by Gasteiger charge is 2.12. The van der Waals surface area contributed by atoms with E-state index in [9.17, 15) is 0 Å². The molecule has 0 radical (unpaired) electrons. The fourth-order valence-electron chi connectivity index (χ4n) is 1.60. The minimum absolute atomic E-state index is 0.363. The molecule has 0 aliphatic carbocycles. The molecular weight excluding hydrogens is 160 g/mol. The van der Waals surface area contributed by atoms with Gasteiger partial charge in [-0.05, 0) is 31.9 Å². The third-order valence-electron chi connectivity index (χ3n) is 2.17. The summed E-state index contributed by atoms with van der Waals surface area (Å²) >= 11 is 0. The average Bonchev–Trinajstić information content (AvgIpc) is 2.46. The Kier molecular flexibility index (Phi) is 2.77. The average molecular weight is 176 g/mol. The normalized spacial score (nSPS) is 10.8. The third kappa shape index (κ3) is 1.75. The van der Waals surface area contributed by atoms with Gasteiger partial charge in [-0.25, -0.2) is 0 Å². The van der Waals surface area contributed by atoms with Gasteiger partial charge in [0.2, 0.25) is 0 Å². The van der Waals surface area contributed by atoms with Crippen molar-refractivity contribution in [2.75, 3.05) is 0 Å². The van der Waals surface area contributed by atoms with Gasteiger partial charge in [-0.2, -0.15) is 5.26 Å². The molecule has 0 aliphatic rings. The van der Waals surface area contributed by atoms with E-state index in [0.717, 1.165) is 5.69 Å². The lowest BCUT2D eigenvalue weighted by Gasteiger charge is -2.16. The summed E-state index contributed by atoms with van der Waals surface area (Å²) in [7, 11) is 0. The van der Waals surface area contributed by atoms with Gasteiger partial charge >= 0.3 is 0 Å². The molecule has 13 heavy (non-hydrogen) atoms. The highest BCUT2D eigenvalue weighted by Crippen LogP contribution is 2.22. The Hall–Kier alpha value is -1.23. The van der Waals surface area contributed by atoms with Crippen LogP contribution in [-0.4, -0.2) is 4.57 Å². The van der Waals surface area contributed by atoms with E-state index in [0.29, 0.717) is 12.0 Å². The Labute approximate surface area is 79.8 Å². The first-order chi connectivity index (χ1) is 6.07. The van der Waals surface area contributed by atoms with Crippen LogP contribution in [0.4, 0.5) is 0 Å². The summed E-state index contributed by atoms with van der Waals surface area (Å²) in [6.07, 6.45) is 0.